The fraction of sp³-hybridized carbons (Fsp3) is 0.222. The van der Waals surface area contributed by atoms with Gasteiger partial charge < -0.3 is 15.2 Å². The number of rotatable bonds is 6. The number of nitrogens with zero attached hydrogens (tertiary/aromatic N) is 3. The standard InChI is InChI=1S/C18H17FN4O3S.ClH/c19-6-12(7-20)8-23-18(24)22(10-21-23)9-14-2-4-17(27-14)13-1-3-15-16(5-13)26-11-25-15;/h1-6,10H,7-9,11,20H2;1H/b12-6-;. The summed E-state index contributed by atoms with van der Waals surface area (Å²) in [4.78, 5) is 14.5. The summed E-state index contributed by atoms with van der Waals surface area (Å²) in [5, 5.41) is 4.03. The van der Waals surface area contributed by atoms with Crippen molar-refractivity contribution < 1.29 is 13.9 Å². The van der Waals surface area contributed by atoms with Crippen LogP contribution in [-0.4, -0.2) is 27.7 Å². The van der Waals surface area contributed by atoms with Gasteiger partial charge in [-0.3, -0.25) is 4.57 Å². The topological polar surface area (TPSA) is 84.3 Å². The van der Waals surface area contributed by atoms with Gasteiger partial charge in [0.1, 0.15) is 6.33 Å². The van der Waals surface area contributed by atoms with Crippen LogP contribution >= 0.6 is 23.7 Å². The van der Waals surface area contributed by atoms with Crippen LogP contribution in [0.5, 0.6) is 11.5 Å². The molecular weight excluding hydrogens is 407 g/mol. The van der Waals surface area contributed by atoms with Crippen LogP contribution in [-0.2, 0) is 13.1 Å². The van der Waals surface area contributed by atoms with Crippen molar-refractivity contribution in [2.24, 2.45) is 5.73 Å². The molecule has 148 valence electrons. The summed E-state index contributed by atoms with van der Waals surface area (Å²) in [5.41, 5.74) is 6.46. The molecule has 0 fully saturated rings. The molecule has 0 saturated heterocycles. The average Bonchev–Trinajstić information content (AvgIpc) is 3.41. The number of aromatic nitrogens is 3. The zero-order valence-electron chi connectivity index (χ0n) is 14.7. The second-order valence-electron chi connectivity index (χ2n) is 6.00. The fourth-order valence-electron chi connectivity index (χ4n) is 2.76. The van der Waals surface area contributed by atoms with Crippen molar-refractivity contribution in [1.29, 1.82) is 0 Å². The lowest BCUT2D eigenvalue weighted by molar-refractivity contribution is 0.174. The third-order valence-electron chi connectivity index (χ3n) is 4.21. The summed E-state index contributed by atoms with van der Waals surface area (Å²) in [6, 6.07) is 9.79. The summed E-state index contributed by atoms with van der Waals surface area (Å²) < 4.78 is 26.1. The Morgan fingerprint density at radius 2 is 2.11 bits per heavy atom. The fourth-order valence-corrected chi connectivity index (χ4v) is 3.76. The molecule has 0 unspecified atom stereocenters. The van der Waals surface area contributed by atoms with E-state index in [0.29, 0.717) is 18.4 Å². The lowest BCUT2D eigenvalue weighted by Gasteiger charge is -2.01. The van der Waals surface area contributed by atoms with Crippen molar-refractivity contribution in [2.45, 2.75) is 13.1 Å². The molecule has 0 radical (unpaired) electrons. The Labute approximate surface area is 170 Å². The van der Waals surface area contributed by atoms with E-state index in [2.05, 4.69) is 5.10 Å². The van der Waals surface area contributed by atoms with Gasteiger partial charge in [-0.05, 0) is 41.5 Å². The average molecular weight is 425 g/mol. The third-order valence-corrected chi connectivity index (χ3v) is 5.33. The molecule has 0 spiro atoms. The molecule has 1 aliphatic heterocycles. The largest absolute Gasteiger partial charge is 0.454 e. The van der Waals surface area contributed by atoms with Gasteiger partial charge in [-0.25, -0.2) is 13.9 Å². The van der Waals surface area contributed by atoms with Crippen LogP contribution < -0.4 is 20.9 Å². The molecule has 0 saturated carbocycles. The van der Waals surface area contributed by atoms with E-state index < -0.39 is 0 Å². The van der Waals surface area contributed by atoms with Gasteiger partial charge in [-0.15, -0.1) is 23.7 Å². The first kappa shape index (κ1) is 20.1. The van der Waals surface area contributed by atoms with Crippen molar-refractivity contribution in [3.63, 3.8) is 0 Å². The molecule has 7 nitrogen and oxygen atoms in total. The Morgan fingerprint density at radius 1 is 1.29 bits per heavy atom. The highest BCUT2D eigenvalue weighted by Crippen LogP contribution is 2.37. The van der Waals surface area contributed by atoms with E-state index in [1.54, 1.807) is 11.3 Å². The first-order valence-corrected chi connectivity index (χ1v) is 9.09. The number of hydrogen-bond acceptors (Lipinski definition) is 6. The SMILES string of the molecule is Cl.NC/C(=C/F)Cn1ncn(Cc2ccc(-c3ccc4c(c3)OCO4)s2)c1=O. The minimum Gasteiger partial charge on any atom is -0.454 e. The minimum absolute atomic E-state index is 0. The van der Waals surface area contributed by atoms with Gasteiger partial charge in [0.2, 0.25) is 6.79 Å². The van der Waals surface area contributed by atoms with Crippen LogP contribution in [0.2, 0.25) is 0 Å². The maximum atomic E-state index is 12.7. The molecule has 0 amide bonds. The number of fused-ring (bicyclic) bond motifs is 1. The van der Waals surface area contributed by atoms with Crippen LogP contribution in [0.4, 0.5) is 4.39 Å². The van der Waals surface area contributed by atoms with Crippen LogP contribution in [0, 0.1) is 0 Å². The highest BCUT2D eigenvalue weighted by molar-refractivity contribution is 7.15. The molecule has 1 aliphatic rings. The summed E-state index contributed by atoms with van der Waals surface area (Å²) in [5.74, 6) is 1.48. The van der Waals surface area contributed by atoms with E-state index in [-0.39, 0.29) is 38.0 Å². The van der Waals surface area contributed by atoms with Crippen LogP contribution in [0.3, 0.4) is 0 Å². The Bertz CT molecular complexity index is 1060. The molecule has 0 aliphatic carbocycles. The molecule has 10 heteroatoms. The zero-order valence-corrected chi connectivity index (χ0v) is 16.3. The molecule has 4 rings (SSSR count). The highest BCUT2D eigenvalue weighted by Gasteiger charge is 2.15. The Balaban J connectivity index is 0.00000225. The summed E-state index contributed by atoms with van der Waals surface area (Å²) in [6.07, 6.45) is 1.87. The van der Waals surface area contributed by atoms with E-state index in [1.165, 1.54) is 15.6 Å². The Kier molecular flexibility index (Phi) is 6.18. The van der Waals surface area contributed by atoms with Gasteiger partial charge in [0.05, 0.1) is 19.4 Å². The number of halogens is 2. The molecule has 0 atom stereocenters. The van der Waals surface area contributed by atoms with E-state index in [9.17, 15) is 9.18 Å². The van der Waals surface area contributed by atoms with E-state index in [4.69, 9.17) is 15.2 Å². The van der Waals surface area contributed by atoms with Gasteiger partial charge in [-0.1, -0.05) is 0 Å². The third kappa shape index (κ3) is 3.96. The van der Waals surface area contributed by atoms with Gasteiger partial charge >= 0.3 is 5.69 Å². The zero-order chi connectivity index (χ0) is 18.8. The van der Waals surface area contributed by atoms with Crippen LogP contribution in [0.15, 0.2) is 53.4 Å². The predicted molar refractivity (Wildman–Crippen MR) is 107 cm³/mol. The highest BCUT2D eigenvalue weighted by atomic mass is 35.5. The Morgan fingerprint density at radius 3 is 2.89 bits per heavy atom. The van der Waals surface area contributed by atoms with Crippen LogP contribution in [0.1, 0.15) is 4.88 Å². The second-order valence-corrected chi connectivity index (χ2v) is 7.17. The van der Waals surface area contributed by atoms with E-state index in [1.807, 2.05) is 30.3 Å². The predicted octanol–water partition coefficient (Wildman–Crippen LogP) is 2.78. The second kappa shape index (κ2) is 8.59. The quantitative estimate of drug-likeness (QED) is 0.657. The monoisotopic (exact) mass is 424 g/mol. The molecule has 28 heavy (non-hydrogen) atoms. The molecule has 3 heterocycles. The summed E-state index contributed by atoms with van der Waals surface area (Å²) in [6.45, 7) is 0.724. The lowest BCUT2D eigenvalue weighted by atomic mass is 10.1. The van der Waals surface area contributed by atoms with E-state index >= 15 is 0 Å². The molecular formula is C18H18ClFN4O3S. The van der Waals surface area contributed by atoms with Crippen LogP contribution in [0.25, 0.3) is 10.4 Å². The Hall–Kier alpha value is -2.62. The number of ether oxygens (including phenoxy) is 2. The van der Waals surface area contributed by atoms with Crippen molar-refractivity contribution in [3.05, 3.63) is 63.9 Å². The van der Waals surface area contributed by atoms with Gasteiger partial charge in [0, 0.05) is 16.3 Å². The maximum absolute atomic E-state index is 12.7. The maximum Gasteiger partial charge on any atom is 0.346 e. The minimum atomic E-state index is -0.305. The molecule has 2 aromatic heterocycles. The summed E-state index contributed by atoms with van der Waals surface area (Å²) in [7, 11) is 0. The summed E-state index contributed by atoms with van der Waals surface area (Å²) >= 11 is 1.58. The molecule has 2 N–H and O–H groups in total. The van der Waals surface area contributed by atoms with Crippen molar-refractivity contribution in [1.82, 2.24) is 14.3 Å². The van der Waals surface area contributed by atoms with Gasteiger partial charge in [0.15, 0.2) is 11.5 Å². The number of thiophene rings is 1. The van der Waals surface area contributed by atoms with Crippen molar-refractivity contribution >= 4 is 23.7 Å². The molecule has 0 bridgehead atoms. The van der Waals surface area contributed by atoms with Crippen molar-refractivity contribution in [3.8, 4) is 21.9 Å². The first-order chi connectivity index (χ1) is 13.2. The molecule has 3 aromatic rings. The van der Waals surface area contributed by atoms with Gasteiger partial charge in [0.25, 0.3) is 0 Å². The normalized spacial score (nSPS) is 12.9. The van der Waals surface area contributed by atoms with Gasteiger partial charge in [-0.2, -0.15) is 5.10 Å². The lowest BCUT2D eigenvalue weighted by Crippen LogP contribution is -2.26. The number of nitrogens with two attached hydrogens (primary N) is 1. The smallest absolute Gasteiger partial charge is 0.346 e. The van der Waals surface area contributed by atoms with Crippen molar-refractivity contribution in [2.75, 3.05) is 13.3 Å². The molecule has 1 aromatic carbocycles. The van der Waals surface area contributed by atoms with E-state index in [0.717, 1.165) is 26.8 Å². The first-order valence-electron chi connectivity index (χ1n) is 8.27. The number of benzene rings is 1. The number of hydrogen-bond donors (Lipinski definition) is 1.